The average molecular weight is 232 g/mol. The molecule has 1 aromatic rings. The number of aryl methyl sites for hydroxylation is 1. The fourth-order valence-electron chi connectivity index (χ4n) is 1.33. The molecule has 1 aromatic heterocycles. The molecule has 15 heavy (non-hydrogen) atoms. The second kappa shape index (κ2) is 5.72. The van der Waals surface area contributed by atoms with Gasteiger partial charge in [0.15, 0.2) is 0 Å². The zero-order valence-corrected chi connectivity index (χ0v) is 9.49. The van der Waals surface area contributed by atoms with E-state index in [9.17, 15) is 4.79 Å². The number of rotatable bonds is 5. The summed E-state index contributed by atoms with van der Waals surface area (Å²) in [7, 11) is 3.39. The summed E-state index contributed by atoms with van der Waals surface area (Å²) in [4.78, 5) is 11.2. The molecule has 1 unspecified atom stereocenters. The molecule has 84 valence electrons. The first-order valence-corrected chi connectivity index (χ1v) is 5.04. The van der Waals surface area contributed by atoms with Crippen LogP contribution in [0.5, 0.6) is 0 Å². The Morgan fingerprint density at radius 1 is 1.80 bits per heavy atom. The Kier molecular flexibility index (Phi) is 4.58. The maximum Gasteiger partial charge on any atom is 0.235 e. The van der Waals surface area contributed by atoms with Gasteiger partial charge in [0.2, 0.25) is 5.91 Å². The van der Waals surface area contributed by atoms with Crippen LogP contribution in [-0.2, 0) is 16.6 Å². The Labute approximate surface area is 93.4 Å². The number of carbonyl (C=O) groups excluding carboxylic acids is 1. The summed E-state index contributed by atoms with van der Waals surface area (Å²) < 4.78 is 6.72. The van der Waals surface area contributed by atoms with Crippen molar-refractivity contribution in [2.24, 2.45) is 7.05 Å². The third kappa shape index (κ3) is 3.21. The highest BCUT2D eigenvalue weighted by molar-refractivity contribution is 6.27. The van der Waals surface area contributed by atoms with E-state index in [1.54, 1.807) is 18.0 Å². The number of ether oxygens (including phenoxy) is 1. The van der Waals surface area contributed by atoms with Crippen molar-refractivity contribution < 1.29 is 9.53 Å². The Hall–Kier alpha value is -1.07. The van der Waals surface area contributed by atoms with Crippen molar-refractivity contribution in [3.05, 3.63) is 18.0 Å². The van der Waals surface area contributed by atoms with Gasteiger partial charge in [-0.15, -0.1) is 11.6 Å². The predicted molar refractivity (Wildman–Crippen MR) is 56.7 cm³/mol. The predicted octanol–water partition coefficient (Wildman–Crippen LogP) is 0.463. The van der Waals surface area contributed by atoms with Crippen molar-refractivity contribution >= 4 is 17.5 Å². The quantitative estimate of drug-likeness (QED) is 0.750. The van der Waals surface area contributed by atoms with Gasteiger partial charge in [-0.3, -0.25) is 9.48 Å². The van der Waals surface area contributed by atoms with E-state index in [-0.39, 0.29) is 17.8 Å². The summed E-state index contributed by atoms with van der Waals surface area (Å²) in [5, 5.41) is 6.78. The number of nitrogens with zero attached hydrogens (tertiary/aromatic N) is 2. The molecule has 0 saturated heterocycles. The molecule has 0 fully saturated rings. The van der Waals surface area contributed by atoms with Gasteiger partial charge in [0.25, 0.3) is 0 Å². The average Bonchev–Trinajstić information content (AvgIpc) is 2.63. The minimum Gasteiger partial charge on any atom is -0.382 e. The van der Waals surface area contributed by atoms with E-state index in [0.29, 0.717) is 6.61 Å². The maximum absolute atomic E-state index is 11.2. The van der Waals surface area contributed by atoms with Crippen molar-refractivity contribution in [1.82, 2.24) is 15.1 Å². The van der Waals surface area contributed by atoms with Crippen LogP contribution >= 0.6 is 11.6 Å². The molecule has 0 radical (unpaired) electrons. The minimum atomic E-state index is -0.222. The third-order valence-corrected chi connectivity index (χ3v) is 2.25. The van der Waals surface area contributed by atoms with Gasteiger partial charge >= 0.3 is 0 Å². The van der Waals surface area contributed by atoms with Gasteiger partial charge in [-0.1, -0.05) is 0 Å². The number of hydrogen-bond donors (Lipinski definition) is 1. The first-order valence-electron chi connectivity index (χ1n) is 4.51. The second-order valence-electron chi connectivity index (χ2n) is 3.09. The topological polar surface area (TPSA) is 56.1 Å². The van der Waals surface area contributed by atoms with Crippen LogP contribution in [0.3, 0.4) is 0 Å². The van der Waals surface area contributed by atoms with Crippen molar-refractivity contribution in [1.29, 1.82) is 0 Å². The van der Waals surface area contributed by atoms with Crippen LogP contribution in [0, 0.1) is 0 Å². The largest absolute Gasteiger partial charge is 0.382 e. The zero-order valence-electron chi connectivity index (χ0n) is 8.74. The van der Waals surface area contributed by atoms with Crippen LogP contribution in [-0.4, -0.2) is 35.3 Å². The van der Waals surface area contributed by atoms with E-state index in [2.05, 4.69) is 10.4 Å². The molecular weight excluding hydrogens is 218 g/mol. The summed E-state index contributed by atoms with van der Waals surface area (Å²) in [5.41, 5.74) is 0.885. The fraction of sp³-hybridized carbons (Fsp3) is 0.556. The molecule has 1 N–H and O–H groups in total. The van der Waals surface area contributed by atoms with E-state index in [4.69, 9.17) is 16.3 Å². The van der Waals surface area contributed by atoms with E-state index in [1.165, 1.54) is 0 Å². The standard InChI is InChI=1S/C9H14ClN3O2/c1-13-8(3-4-11-13)7(6-15-2)12-9(14)5-10/h3-4,7H,5-6H2,1-2H3,(H,12,14). The maximum atomic E-state index is 11.2. The highest BCUT2D eigenvalue weighted by Gasteiger charge is 2.16. The molecule has 1 amide bonds. The molecule has 0 aromatic carbocycles. The lowest BCUT2D eigenvalue weighted by Gasteiger charge is -2.17. The number of aromatic nitrogens is 2. The number of hydrogen-bond acceptors (Lipinski definition) is 3. The van der Waals surface area contributed by atoms with Crippen LogP contribution in [0.1, 0.15) is 11.7 Å². The summed E-state index contributed by atoms with van der Waals surface area (Å²) in [6.07, 6.45) is 1.67. The smallest absolute Gasteiger partial charge is 0.235 e. The monoisotopic (exact) mass is 231 g/mol. The summed E-state index contributed by atoms with van der Waals surface area (Å²) in [6.45, 7) is 0.391. The van der Waals surface area contributed by atoms with Crippen molar-refractivity contribution in [3.8, 4) is 0 Å². The highest BCUT2D eigenvalue weighted by Crippen LogP contribution is 2.11. The van der Waals surface area contributed by atoms with Crippen molar-refractivity contribution in [2.45, 2.75) is 6.04 Å². The van der Waals surface area contributed by atoms with Gasteiger partial charge in [0.05, 0.1) is 18.3 Å². The Morgan fingerprint density at radius 2 is 2.53 bits per heavy atom. The number of halogens is 1. The Bertz CT molecular complexity index is 327. The van der Waals surface area contributed by atoms with Gasteiger partial charge in [-0.05, 0) is 6.07 Å². The van der Waals surface area contributed by atoms with Crippen LogP contribution in [0.2, 0.25) is 0 Å². The molecule has 0 aliphatic heterocycles. The van der Waals surface area contributed by atoms with Gasteiger partial charge in [0, 0.05) is 20.4 Å². The van der Waals surface area contributed by atoms with Gasteiger partial charge in [-0.25, -0.2) is 0 Å². The molecule has 1 heterocycles. The Balaban J connectivity index is 2.74. The first kappa shape index (κ1) is 12.0. The fourth-order valence-corrected chi connectivity index (χ4v) is 1.40. The van der Waals surface area contributed by atoms with Crippen LogP contribution in [0.4, 0.5) is 0 Å². The SMILES string of the molecule is COCC(NC(=O)CCl)c1ccnn1C. The van der Waals surface area contributed by atoms with E-state index < -0.39 is 0 Å². The van der Waals surface area contributed by atoms with Crippen LogP contribution < -0.4 is 5.32 Å². The van der Waals surface area contributed by atoms with Gasteiger partial charge < -0.3 is 10.1 Å². The normalized spacial score (nSPS) is 12.5. The summed E-state index contributed by atoms with van der Waals surface area (Å²) in [6, 6.07) is 1.62. The van der Waals surface area contributed by atoms with Crippen molar-refractivity contribution in [3.63, 3.8) is 0 Å². The second-order valence-corrected chi connectivity index (χ2v) is 3.36. The first-order chi connectivity index (χ1) is 7.19. The Morgan fingerprint density at radius 3 is 3.00 bits per heavy atom. The summed E-state index contributed by atoms with van der Waals surface area (Å²) >= 11 is 5.42. The van der Waals surface area contributed by atoms with E-state index >= 15 is 0 Å². The zero-order chi connectivity index (χ0) is 11.3. The molecule has 1 atom stereocenters. The number of amides is 1. The molecular formula is C9H14ClN3O2. The van der Waals surface area contributed by atoms with E-state index in [1.807, 2.05) is 13.1 Å². The number of carbonyl (C=O) groups is 1. The summed E-state index contributed by atoms with van der Waals surface area (Å²) in [5.74, 6) is -0.280. The van der Waals surface area contributed by atoms with Crippen LogP contribution in [0.25, 0.3) is 0 Å². The highest BCUT2D eigenvalue weighted by atomic mass is 35.5. The molecule has 1 rings (SSSR count). The molecule has 5 nitrogen and oxygen atoms in total. The van der Waals surface area contributed by atoms with Crippen molar-refractivity contribution in [2.75, 3.05) is 19.6 Å². The lowest BCUT2D eigenvalue weighted by atomic mass is 10.2. The molecule has 0 saturated carbocycles. The molecule has 0 aliphatic rings. The molecule has 0 bridgehead atoms. The lowest BCUT2D eigenvalue weighted by molar-refractivity contribution is -0.119. The third-order valence-electron chi connectivity index (χ3n) is 2.01. The molecule has 0 aliphatic carbocycles. The molecule has 0 spiro atoms. The number of nitrogens with one attached hydrogen (secondary N) is 1. The van der Waals surface area contributed by atoms with E-state index in [0.717, 1.165) is 5.69 Å². The van der Waals surface area contributed by atoms with Crippen LogP contribution in [0.15, 0.2) is 12.3 Å². The number of methoxy groups -OCH3 is 1. The van der Waals surface area contributed by atoms with Gasteiger partial charge in [0.1, 0.15) is 5.88 Å². The minimum absolute atomic E-state index is 0.0575. The lowest BCUT2D eigenvalue weighted by Crippen LogP contribution is -2.33. The number of alkyl halides is 1. The van der Waals surface area contributed by atoms with Gasteiger partial charge in [-0.2, -0.15) is 5.10 Å². The molecule has 6 heteroatoms.